The summed E-state index contributed by atoms with van der Waals surface area (Å²) in [5, 5.41) is 11.5. The summed E-state index contributed by atoms with van der Waals surface area (Å²) in [6.07, 6.45) is 1.48. The van der Waals surface area contributed by atoms with E-state index in [0.717, 1.165) is 11.1 Å². The highest BCUT2D eigenvalue weighted by Gasteiger charge is 2.47. The molecule has 1 aliphatic rings. The van der Waals surface area contributed by atoms with Crippen molar-refractivity contribution in [3.05, 3.63) is 88.9 Å². The van der Waals surface area contributed by atoms with Crippen LogP contribution in [0.5, 0.6) is 11.5 Å². The number of likely N-dealkylation sites (tertiary alicyclic amines) is 1. The minimum absolute atomic E-state index is 0.0391. The van der Waals surface area contributed by atoms with Gasteiger partial charge in [0.2, 0.25) is 0 Å². The molecule has 0 aliphatic carbocycles. The van der Waals surface area contributed by atoms with E-state index >= 15 is 0 Å². The number of aliphatic hydroxyl groups excluding tert-OH is 1. The zero-order chi connectivity index (χ0) is 25.3. The summed E-state index contributed by atoms with van der Waals surface area (Å²) < 4.78 is 16.3. The topological polar surface area (TPSA) is 89.2 Å². The largest absolute Gasteiger partial charge is 0.507 e. The van der Waals surface area contributed by atoms with Crippen molar-refractivity contribution in [3.63, 3.8) is 0 Å². The normalized spacial score (nSPS) is 17.6. The third kappa shape index (κ3) is 4.54. The van der Waals surface area contributed by atoms with E-state index in [2.05, 4.69) is 20.8 Å². The maximum absolute atomic E-state index is 13.3. The molecule has 1 aromatic heterocycles. The second-order valence-electron chi connectivity index (χ2n) is 9.46. The molecule has 0 spiro atoms. The molecule has 2 heterocycles. The molecule has 1 saturated heterocycles. The number of furan rings is 1. The molecule has 0 bridgehead atoms. The lowest BCUT2D eigenvalue weighted by molar-refractivity contribution is -0.140. The Morgan fingerprint density at radius 3 is 2.31 bits per heavy atom. The van der Waals surface area contributed by atoms with Gasteiger partial charge in [0.1, 0.15) is 29.1 Å². The van der Waals surface area contributed by atoms with Crippen LogP contribution < -0.4 is 9.47 Å². The standard InChI is InChI=1S/C28H29NO6/c1-28(2,3)18-10-13-21(34-5)20(15-18)25(30)23-24(22-7-6-14-35-22)29(27(32)26(23)31)16-17-8-11-19(33-4)12-9-17/h6-15,24,30H,16H2,1-5H3/b25-23+. The van der Waals surface area contributed by atoms with Gasteiger partial charge < -0.3 is 23.9 Å². The van der Waals surface area contributed by atoms with E-state index in [0.29, 0.717) is 22.8 Å². The first-order valence-corrected chi connectivity index (χ1v) is 11.3. The van der Waals surface area contributed by atoms with E-state index in [4.69, 9.17) is 13.9 Å². The van der Waals surface area contributed by atoms with Crippen molar-refractivity contribution < 1.29 is 28.6 Å². The van der Waals surface area contributed by atoms with Crippen LogP contribution in [0.15, 0.2) is 70.9 Å². The van der Waals surface area contributed by atoms with Gasteiger partial charge in [-0.1, -0.05) is 39.0 Å². The summed E-state index contributed by atoms with van der Waals surface area (Å²) in [4.78, 5) is 27.9. The number of aliphatic hydroxyl groups is 1. The summed E-state index contributed by atoms with van der Waals surface area (Å²) in [5.41, 5.74) is 1.85. The molecular formula is C28H29NO6. The Kier molecular flexibility index (Phi) is 6.43. The van der Waals surface area contributed by atoms with Crippen molar-refractivity contribution in [1.82, 2.24) is 4.90 Å². The SMILES string of the molecule is COc1ccc(CN2C(=O)C(=O)/C(=C(/O)c3cc(C(C)(C)C)ccc3OC)C2c2ccco2)cc1. The van der Waals surface area contributed by atoms with Gasteiger partial charge in [-0.05, 0) is 52.9 Å². The third-order valence-electron chi connectivity index (χ3n) is 6.19. The minimum atomic E-state index is -0.893. The molecule has 4 rings (SSSR count). The lowest BCUT2D eigenvalue weighted by Crippen LogP contribution is -2.29. The first kappa shape index (κ1) is 24.1. The lowest BCUT2D eigenvalue weighted by Gasteiger charge is -2.24. The number of benzene rings is 2. The average molecular weight is 476 g/mol. The Bertz CT molecular complexity index is 1270. The highest BCUT2D eigenvalue weighted by Crippen LogP contribution is 2.42. The van der Waals surface area contributed by atoms with E-state index in [1.807, 2.05) is 18.2 Å². The number of ether oxygens (including phenoxy) is 2. The first-order valence-electron chi connectivity index (χ1n) is 11.3. The summed E-state index contributed by atoms with van der Waals surface area (Å²) in [5.74, 6) is -0.329. The predicted molar refractivity (Wildman–Crippen MR) is 131 cm³/mol. The predicted octanol–water partition coefficient (Wildman–Crippen LogP) is 5.22. The van der Waals surface area contributed by atoms with Gasteiger partial charge in [0, 0.05) is 6.54 Å². The quantitative estimate of drug-likeness (QED) is 0.299. The van der Waals surface area contributed by atoms with E-state index in [1.54, 1.807) is 43.5 Å². The second kappa shape index (κ2) is 9.33. The van der Waals surface area contributed by atoms with Crippen LogP contribution in [-0.2, 0) is 21.5 Å². The van der Waals surface area contributed by atoms with Gasteiger partial charge in [-0.3, -0.25) is 9.59 Å². The number of Topliss-reactive ketones (excluding diaryl/α,β-unsaturated/α-hetero) is 1. The highest BCUT2D eigenvalue weighted by atomic mass is 16.5. The fraction of sp³-hybridized carbons (Fsp3) is 0.286. The molecule has 3 aromatic rings. The number of amides is 1. The number of rotatable bonds is 6. The van der Waals surface area contributed by atoms with Crippen molar-refractivity contribution in [2.75, 3.05) is 14.2 Å². The molecule has 0 radical (unpaired) electrons. The zero-order valence-corrected chi connectivity index (χ0v) is 20.5. The van der Waals surface area contributed by atoms with Crippen LogP contribution in [0.4, 0.5) is 0 Å². The van der Waals surface area contributed by atoms with Crippen molar-refractivity contribution in [2.45, 2.75) is 38.8 Å². The van der Waals surface area contributed by atoms with Gasteiger partial charge >= 0.3 is 0 Å². The van der Waals surface area contributed by atoms with E-state index in [-0.39, 0.29) is 23.3 Å². The number of hydrogen-bond donors (Lipinski definition) is 1. The zero-order valence-electron chi connectivity index (χ0n) is 20.5. The van der Waals surface area contributed by atoms with Crippen LogP contribution in [-0.4, -0.2) is 35.9 Å². The van der Waals surface area contributed by atoms with Crippen LogP contribution >= 0.6 is 0 Å². The third-order valence-corrected chi connectivity index (χ3v) is 6.19. The number of ketones is 1. The molecule has 1 N–H and O–H groups in total. The number of nitrogens with zero attached hydrogens (tertiary/aromatic N) is 1. The summed E-state index contributed by atoms with van der Waals surface area (Å²) in [6, 6.07) is 15.2. The van der Waals surface area contributed by atoms with Crippen molar-refractivity contribution in [3.8, 4) is 11.5 Å². The maximum atomic E-state index is 13.3. The first-order chi connectivity index (χ1) is 16.7. The Morgan fingerprint density at radius 1 is 1.03 bits per heavy atom. The monoisotopic (exact) mass is 475 g/mol. The lowest BCUT2D eigenvalue weighted by atomic mass is 9.85. The van der Waals surface area contributed by atoms with E-state index in [1.165, 1.54) is 18.3 Å². The van der Waals surface area contributed by atoms with Gasteiger partial charge in [0.15, 0.2) is 0 Å². The van der Waals surface area contributed by atoms with Crippen LogP contribution in [0.3, 0.4) is 0 Å². The fourth-order valence-electron chi connectivity index (χ4n) is 4.22. The number of carbonyl (C=O) groups excluding carboxylic acids is 2. The maximum Gasteiger partial charge on any atom is 0.296 e. The molecule has 1 amide bonds. The van der Waals surface area contributed by atoms with E-state index in [9.17, 15) is 14.7 Å². The number of carbonyl (C=O) groups is 2. The smallest absolute Gasteiger partial charge is 0.296 e. The average Bonchev–Trinajstić information content (AvgIpc) is 3.46. The summed E-state index contributed by atoms with van der Waals surface area (Å²) in [6.45, 7) is 6.30. The van der Waals surface area contributed by atoms with Gasteiger partial charge in [-0.25, -0.2) is 0 Å². The van der Waals surface area contributed by atoms with E-state index < -0.39 is 17.7 Å². The highest BCUT2D eigenvalue weighted by molar-refractivity contribution is 6.46. The Morgan fingerprint density at radius 2 is 1.74 bits per heavy atom. The Hall–Kier alpha value is -4.00. The Balaban J connectivity index is 1.86. The number of hydrogen-bond acceptors (Lipinski definition) is 6. The van der Waals surface area contributed by atoms with Crippen LogP contribution in [0, 0.1) is 0 Å². The molecule has 1 atom stereocenters. The van der Waals surface area contributed by atoms with Crippen LogP contribution in [0.25, 0.3) is 5.76 Å². The van der Waals surface area contributed by atoms with Gasteiger partial charge in [0.25, 0.3) is 11.7 Å². The molecule has 1 aliphatic heterocycles. The molecule has 35 heavy (non-hydrogen) atoms. The Labute approximate surface area is 204 Å². The van der Waals surface area contributed by atoms with Gasteiger partial charge in [-0.2, -0.15) is 0 Å². The molecule has 0 saturated carbocycles. The summed E-state index contributed by atoms with van der Waals surface area (Å²) in [7, 11) is 3.07. The number of methoxy groups -OCH3 is 2. The fourth-order valence-corrected chi connectivity index (χ4v) is 4.22. The summed E-state index contributed by atoms with van der Waals surface area (Å²) >= 11 is 0. The molecule has 1 fully saturated rings. The molecule has 7 heteroatoms. The molecule has 1 unspecified atom stereocenters. The minimum Gasteiger partial charge on any atom is -0.507 e. The van der Waals surface area contributed by atoms with Crippen molar-refractivity contribution in [1.29, 1.82) is 0 Å². The van der Waals surface area contributed by atoms with Crippen LogP contribution in [0.2, 0.25) is 0 Å². The van der Waals surface area contributed by atoms with Crippen LogP contribution in [0.1, 0.15) is 49.3 Å². The van der Waals surface area contributed by atoms with Crippen molar-refractivity contribution in [2.24, 2.45) is 0 Å². The molecule has 2 aromatic carbocycles. The van der Waals surface area contributed by atoms with Crippen molar-refractivity contribution >= 4 is 17.4 Å². The molecular weight excluding hydrogens is 446 g/mol. The molecule has 7 nitrogen and oxygen atoms in total. The van der Waals surface area contributed by atoms with Gasteiger partial charge in [0.05, 0.1) is 31.6 Å². The van der Waals surface area contributed by atoms with Gasteiger partial charge in [-0.15, -0.1) is 0 Å². The molecule has 182 valence electrons. The second-order valence-corrected chi connectivity index (χ2v) is 9.46.